The normalized spacial score (nSPS) is 18.0. The minimum atomic E-state index is 0.593. The molecule has 1 atom stereocenters. The van der Waals surface area contributed by atoms with Crippen LogP contribution in [0.1, 0.15) is 38.2 Å². The zero-order chi connectivity index (χ0) is 16.1. The summed E-state index contributed by atoms with van der Waals surface area (Å²) in [7, 11) is 0. The Balaban J connectivity index is 1.71. The van der Waals surface area contributed by atoms with E-state index in [4.69, 9.17) is 11.6 Å². The minimum Gasteiger partial charge on any atom is -0.366 e. The molecule has 0 spiro atoms. The predicted octanol–water partition coefficient (Wildman–Crippen LogP) is 4.51. The summed E-state index contributed by atoms with van der Waals surface area (Å²) in [6.07, 6.45) is 6.61. The molecule has 0 aliphatic carbocycles. The SMILES string of the molecule is CCC1CCCCN1c1cc(NCc2ccccc2Cl)ncn1. The molecule has 1 unspecified atom stereocenters. The van der Waals surface area contributed by atoms with Crippen molar-refractivity contribution in [3.63, 3.8) is 0 Å². The standard InChI is InChI=1S/C18H23ClN4/c1-2-15-8-5-6-10-23(15)18-11-17(21-13-22-18)20-12-14-7-3-4-9-16(14)19/h3-4,7,9,11,13,15H,2,5-6,8,10,12H2,1H3,(H,20,21,22). The first-order valence-corrected chi connectivity index (χ1v) is 8.71. The number of piperidine rings is 1. The predicted molar refractivity (Wildman–Crippen MR) is 96.1 cm³/mol. The summed E-state index contributed by atoms with van der Waals surface area (Å²) >= 11 is 6.20. The zero-order valence-corrected chi connectivity index (χ0v) is 14.3. The lowest BCUT2D eigenvalue weighted by atomic mass is 10.0. The molecule has 1 saturated heterocycles. The molecule has 5 heteroatoms. The van der Waals surface area contributed by atoms with E-state index in [1.165, 1.54) is 19.3 Å². The summed E-state index contributed by atoms with van der Waals surface area (Å²) in [5.41, 5.74) is 1.07. The molecule has 1 aliphatic rings. The molecule has 2 heterocycles. The van der Waals surface area contributed by atoms with Crippen LogP contribution in [0.15, 0.2) is 36.7 Å². The summed E-state index contributed by atoms with van der Waals surface area (Å²) in [5, 5.41) is 4.13. The molecular formula is C18H23ClN4. The molecule has 0 bridgehead atoms. The molecule has 1 aromatic heterocycles. The topological polar surface area (TPSA) is 41.0 Å². The van der Waals surface area contributed by atoms with Gasteiger partial charge in [0.25, 0.3) is 0 Å². The van der Waals surface area contributed by atoms with Crippen molar-refractivity contribution in [2.75, 3.05) is 16.8 Å². The molecule has 0 radical (unpaired) electrons. The maximum atomic E-state index is 6.20. The van der Waals surface area contributed by atoms with E-state index < -0.39 is 0 Å². The van der Waals surface area contributed by atoms with Crippen LogP contribution < -0.4 is 10.2 Å². The Morgan fingerprint density at radius 3 is 2.96 bits per heavy atom. The molecule has 1 aliphatic heterocycles. The van der Waals surface area contributed by atoms with Gasteiger partial charge in [-0.1, -0.05) is 36.7 Å². The van der Waals surface area contributed by atoms with Gasteiger partial charge in [0.05, 0.1) is 0 Å². The average Bonchev–Trinajstić information content (AvgIpc) is 2.61. The van der Waals surface area contributed by atoms with Gasteiger partial charge in [-0.05, 0) is 37.3 Å². The lowest BCUT2D eigenvalue weighted by Crippen LogP contribution is -2.39. The van der Waals surface area contributed by atoms with Gasteiger partial charge in [0, 0.05) is 30.2 Å². The Kier molecular flexibility index (Phi) is 5.34. The first-order chi connectivity index (χ1) is 11.3. The van der Waals surface area contributed by atoms with Crippen molar-refractivity contribution in [2.24, 2.45) is 0 Å². The number of hydrogen-bond donors (Lipinski definition) is 1. The average molecular weight is 331 g/mol. The Labute approximate surface area is 142 Å². The van der Waals surface area contributed by atoms with E-state index in [-0.39, 0.29) is 0 Å². The second-order valence-electron chi connectivity index (χ2n) is 5.96. The number of nitrogens with one attached hydrogen (secondary N) is 1. The number of hydrogen-bond acceptors (Lipinski definition) is 4. The van der Waals surface area contributed by atoms with E-state index >= 15 is 0 Å². The Morgan fingerprint density at radius 2 is 2.13 bits per heavy atom. The maximum Gasteiger partial charge on any atom is 0.134 e. The smallest absolute Gasteiger partial charge is 0.134 e. The van der Waals surface area contributed by atoms with Gasteiger partial charge >= 0.3 is 0 Å². The fourth-order valence-corrected chi connectivity index (χ4v) is 3.36. The summed E-state index contributed by atoms with van der Waals surface area (Å²) in [5.74, 6) is 1.86. The first-order valence-electron chi connectivity index (χ1n) is 8.34. The van der Waals surface area contributed by atoms with Gasteiger partial charge in [0.15, 0.2) is 0 Å². The van der Waals surface area contributed by atoms with Gasteiger partial charge < -0.3 is 10.2 Å². The van der Waals surface area contributed by atoms with Crippen LogP contribution in [-0.4, -0.2) is 22.6 Å². The lowest BCUT2D eigenvalue weighted by molar-refractivity contribution is 0.446. The number of rotatable bonds is 5. The van der Waals surface area contributed by atoms with Crippen molar-refractivity contribution in [3.8, 4) is 0 Å². The second kappa shape index (κ2) is 7.64. The quantitative estimate of drug-likeness (QED) is 0.875. The van der Waals surface area contributed by atoms with Crippen LogP contribution in [-0.2, 0) is 6.54 Å². The highest BCUT2D eigenvalue weighted by Crippen LogP contribution is 2.26. The lowest BCUT2D eigenvalue weighted by Gasteiger charge is -2.36. The third kappa shape index (κ3) is 3.94. The minimum absolute atomic E-state index is 0.593. The maximum absolute atomic E-state index is 6.20. The number of benzene rings is 1. The van der Waals surface area contributed by atoms with E-state index in [2.05, 4.69) is 27.1 Å². The second-order valence-corrected chi connectivity index (χ2v) is 6.36. The molecule has 1 fully saturated rings. The molecule has 3 rings (SSSR count). The van der Waals surface area contributed by atoms with E-state index in [0.29, 0.717) is 12.6 Å². The van der Waals surface area contributed by atoms with Crippen LogP contribution in [0.4, 0.5) is 11.6 Å². The van der Waals surface area contributed by atoms with Crippen molar-refractivity contribution in [3.05, 3.63) is 47.2 Å². The highest BCUT2D eigenvalue weighted by atomic mass is 35.5. The van der Waals surface area contributed by atoms with Gasteiger partial charge in [0.2, 0.25) is 0 Å². The summed E-state index contributed by atoms with van der Waals surface area (Å²) in [6, 6.07) is 10.5. The van der Waals surface area contributed by atoms with Crippen molar-refractivity contribution in [1.29, 1.82) is 0 Å². The van der Waals surface area contributed by atoms with Crippen LogP contribution in [0.5, 0.6) is 0 Å². The first kappa shape index (κ1) is 16.1. The van der Waals surface area contributed by atoms with Gasteiger partial charge in [0.1, 0.15) is 18.0 Å². The third-order valence-corrected chi connectivity index (χ3v) is 4.83. The highest BCUT2D eigenvalue weighted by Gasteiger charge is 2.22. The van der Waals surface area contributed by atoms with Gasteiger partial charge in [-0.15, -0.1) is 0 Å². The number of halogens is 1. The van der Waals surface area contributed by atoms with Crippen LogP contribution in [0.3, 0.4) is 0 Å². The Hall–Kier alpha value is -1.81. The summed E-state index contributed by atoms with van der Waals surface area (Å²) in [4.78, 5) is 11.2. The van der Waals surface area contributed by atoms with Gasteiger partial charge in [-0.25, -0.2) is 9.97 Å². The zero-order valence-electron chi connectivity index (χ0n) is 13.5. The molecule has 23 heavy (non-hydrogen) atoms. The summed E-state index contributed by atoms with van der Waals surface area (Å²) in [6.45, 7) is 3.99. The fraction of sp³-hybridized carbons (Fsp3) is 0.444. The van der Waals surface area contributed by atoms with E-state index in [9.17, 15) is 0 Å². The third-order valence-electron chi connectivity index (χ3n) is 4.46. The van der Waals surface area contributed by atoms with Crippen LogP contribution in [0.2, 0.25) is 5.02 Å². The summed E-state index contributed by atoms with van der Waals surface area (Å²) < 4.78 is 0. The highest BCUT2D eigenvalue weighted by molar-refractivity contribution is 6.31. The molecule has 4 nitrogen and oxygen atoms in total. The van der Waals surface area contributed by atoms with Crippen molar-refractivity contribution < 1.29 is 0 Å². The van der Waals surface area contributed by atoms with Crippen LogP contribution in [0.25, 0.3) is 0 Å². The van der Waals surface area contributed by atoms with E-state index in [0.717, 1.165) is 35.2 Å². The molecule has 0 saturated carbocycles. The molecule has 1 N–H and O–H groups in total. The van der Waals surface area contributed by atoms with Crippen molar-refractivity contribution in [2.45, 2.75) is 45.2 Å². The number of aromatic nitrogens is 2. The van der Waals surface area contributed by atoms with E-state index in [1.807, 2.05) is 30.3 Å². The Morgan fingerprint density at radius 1 is 1.26 bits per heavy atom. The molecule has 2 aromatic rings. The molecule has 122 valence electrons. The molecule has 0 amide bonds. The van der Waals surface area contributed by atoms with Crippen molar-refractivity contribution in [1.82, 2.24) is 9.97 Å². The largest absolute Gasteiger partial charge is 0.366 e. The van der Waals surface area contributed by atoms with Crippen LogP contribution >= 0.6 is 11.6 Å². The number of nitrogens with zero attached hydrogens (tertiary/aromatic N) is 3. The fourth-order valence-electron chi connectivity index (χ4n) is 3.15. The van der Waals surface area contributed by atoms with E-state index in [1.54, 1.807) is 6.33 Å². The van der Waals surface area contributed by atoms with Crippen molar-refractivity contribution >= 4 is 23.2 Å². The molecule has 1 aromatic carbocycles. The van der Waals surface area contributed by atoms with Gasteiger partial charge in [-0.3, -0.25) is 0 Å². The van der Waals surface area contributed by atoms with Crippen LogP contribution in [0, 0.1) is 0 Å². The Bertz CT molecular complexity index is 646. The van der Waals surface area contributed by atoms with Gasteiger partial charge in [-0.2, -0.15) is 0 Å². The number of anilines is 2. The molecular weight excluding hydrogens is 308 g/mol. The monoisotopic (exact) mass is 330 g/mol.